The van der Waals surface area contributed by atoms with Gasteiger partial charge < -0.3 is 9.47 Å². The summed E-state index contributed by atoms with van der Waals surface area (Å²) in [4.78, 5) is 22.2. The molecule has 0 spiro atoms. The third kappa shape index (κ3) is 5.18. The summed E-state index contributed by atoms with van der Waals surface area (Å²) < 4.78 is 65.5. The van der Waals surface area contributed by atoms with Crippen molar-refractivity contribution in [2.45, 2.75) is 17.0 Å². The van der Waals surface area contributed by atoms with Gasteiger partial charge >= 0.3 is 27.3 Å². The number of hydrogen-bond donors (Lipinski definition) is 1. The monoisotopic (exact) mass is 654 g/mol. The van der Waals surface area contributed by atoms with E-state index in [1.807, 2.05) is 0 Å². The molecule has 0 bridgehead atoms. The molecule has 0 amide bonds. The second kappa shape index (κ2) is 8.05. The second-order valence-electron chi connectivity index (χ2n) is 4.13. The van der Waals surface area contributed by atoms with Crippen LogP contribution in [0.15, 0.2) is 12.1 Å². The summed E-state index contributed by atoms with van der Waals surface area (Å²) in [5.74, 6) is -3.36. The number of benzene rings is 1. The van der Waals surface area contributed by atoms with Crippen molar-refractivity contribution in [2.75, 3.05) is 0 Å². The van der Waals surface area contributed by atoms with E-state index < -0.39 is 32.1 Å². The predicted molar refractivity (Wildman–Crippen MR) is 98.0 cm³/mol. The van der Waals surface area contributed by atoms with Crippen molar-refractivity contribution in [3.05, 3.63) is 19.3 Å². The summed E-state index contributed by atoms with van der Waals surface area (Å²) in [6.45, 7) is 1.54. The van der Waals surface area contributed by atoms with E-state index in [9.17, 15) is 26.8 Å². The molecule has 1 unspecified atom stereocenters. The molecule has 0 saturated carbocycles. The number of carbonyl (C=O) groups excluding carboxylic acids is 2. The first-order valence-corrected chi connectivity index (χ1v) is 10.2. The van der Waals surface area contributed by atoms with Crippen molar-refractivity contribution in [3.63, 3.8) is 0 Å². The lowest BCUT2D eigenvalue weighted by molar-refractivity contribution is -0.151. The highest BCUT2D eigenvalue weighted by atomic mass is 127. The van der Waals surface area contributed by atoms with E-state index in [4.69, 9.17) is 9.29 Å². The summed E-state index contributed by atoms with van der Waals surface area (Å²) in [5, 5.41) is -5.11. The molecular weight excluding hydrogens is 648 g/mol. The molecule has 134 valence electrons. The van der Waals surface area contributed by atoms with Crippen LogP contribution in [-0.2, 0) is 19.7 Å². The Morgan fingerprint density at radius 2 is 1.62 bits per heavy atom. The Morgan fingerprint density at radius 1 is 1.21 bits per heavy atom. The summed E-state index contributed by atoms with van der Waals surface area (Å²) >= 11 is 6.33. The Hall–Kier alpha value is -0.130. The minimum Gasteiger partial charge on any atom is -0.425 e. The zero-order chi connectivity index (χ0) is 18.9. The van der Waals surface area contributed by atoms with Gasteiger partial charge in [0, 0.05) is 0 Å². The van der Waals surface area contributed by atoms with E-state index in [1.54, 1.807) is 45.2 Å². The summed E-state index contributed by atoms with van der Waals surface area (Å²) in [6.07, 6.45) is 0. The standard InChI is InChI=1S/C11H7BrF2I2O7S/c1-4(12)9(17)22-7-2-6(16)8(3-5(7)15)23-10(18)11(13,14)24(19,20)21/h2-4H,1H3,(H,19,20,21). The van der Waals surface area contributed by atoms with Gasteiger partial charge in [0.15, 0.2) is 0 Å². The van der Waals surface area contributed by atoms with Crippen molar-refractivity contribution in [1.29, 1.82) is 0 Å². The summed E-state index contributed by atoms with van der Waals surface area (Å²) in [5.41, 5.74) is 0. The van der Waals surface area contributed by atoms with Crippen LogP contribution in [0.1, 0.15) is 6.92 Å². The largest absolute Gasteiger partial charge is 0.466 e. The number of esters is 2. The predicted octanol–water partition coefficient (Wildman–Crippen LogP) is 2.97. The Labute approximate surface area is 170 Å². The fraction of sp³-hybridized carbons (Fsp3) is 0.273. The summed E-state index contributed by atoms with van der Waals surface area (Å²) in [7, 11) is -5.97. The number of carbonyl (C=O) groups is 2. The van der Waals surface area contributed by atoms with Crippen molar-refractivity contribution >= 4 is 83.2 Å². The molecule has 1 rings (SSSR count). The fourth-order valence-corrected chi connectivity index (χ4v) is 2.56. The van der Waals surface area contributed by atoms with Crippen LogP contribution in [-0.4, -0.2) is 35.0 Å². The van der Waals surface area contributed by atoms with Gasteiger partial charge in [-0.3, -0.25) is 9.35 Å². The molecule has 1 aromatic carbocycles. The van der Waals surface area contributed by atoms with Crippen LogP contribution in [0.3, 0.4) is 0 Å². The van der Waals surface area contributed by atoms with E-state index >= 15 is 0 Å². The molecule has 24 heavy (non-hydrogen) atoms. The van der Waals surface area contributed by atoms with Crippen LogP contribution in [0.5, 0.6) is 11.5 Å². The van der Waals surface area contributed by atoms with E-state index in [2.05, 4.69) is 20.7 Å². The second-order valence-corrected chi connectivity index (χ2v) is 9.29. The van der Waals surface area contributed by atoms with E-state index in [0.29, 0.717) is 0 Å². The minimum atomic E-state index is -5.97. The average Bonchev–Trinajstić information content (AvgIpc) is 2.42. The van der Waals surface area contributed by atoms with Crippen molar-refractivity contribution < 1.29 is 40.8 Å². The highest BCUT2D eigenvalue weighted by molar-refractivity contribution is 14.1. The van der Waals surface area contributed by atoms with E-state index in [0.717, 1.165) is 6.07 Å². The molecule has 0 saturated heterocycles. The number of hydrogen-bond acceptors (Lipinski definition) is 6. The van der Waals surface area contributed by atoms with Crippen LogP contribution in [0.4, 0.5) is 8.78 Å². The Kier molecular flexibility index (Phi) is 7.35. The van der Waals surface area contributed by atoms with Gasteiger partial charge in [0.05, 0.1) is 7.14 Å². The smallest absolute Gasteiger partial charge is 0.425 e. The van der Waals surface area contributed by atoms with Gasteiger partial charge in [0.1, 0.15) is 16.3 Å². The zero-order valence-corrected chi connectivity index (χ0v) is 18.1. The molecule has 1 aromatic rings. The Balaban J connectivity index is 3.10. The molecule has 0 aliphatic rings. The first-order chi connectivity index (χ1) is 10.8. The van der Waals surface area contributed by atoms with Gasteiger partial charge in [0.25, 0.3) is 0 Å². The molecule has 1 atom stereocenters. The lowest BCUT2D eigenvalue weighted by Crippen LogP contribution is -2.40. The highest BCUT2D eigenvalue weighted by Gasteiger charge is 2.54. The SMILES string of the molecule is CC(Br)C(=O)Oc1cc(I)c(OC(=O)C(F)(F)S(=O)(=O)O)cc1I. The fourth-order valence-electron chi connectivity index (χ4n) is 1.12. The number of halogens is 5. The van der Waals surface area contributed by atoms with Gasteiger partial charge in [-0.2, -0.15) is 17.2 Å². The van der Waals surface area contributed by atoms with Gasteiger partial charge in [-0.1, -0.05) is 15.9 Å². The molecule has 0 aliphatic heterocycles. The quantitative estimate of drug-likeness (QED) is 0.171. The lowest BCUT2D eigenvalue weighted by Gasteiger charge is -2.14. The normalized spacial score (nSPS) is 13.3. The van der Waals surface area contributed by atoms with Crippen molar-refractivity contribution in [1.82, 2.24) is 0 Å². The van der Waals surface area contributed by atoms with E-state index in [1.165, 1.54) is 13.0 Å². The first kappa shape index (κ1) is 21.9. The molecule has 1 N–H and O–H groups in total. The first-order valence-electron chi connectivity index (χ1n) is 5.69. The van der Waals surface area contributed by atoms with Crippen molar-refractivity contribution in [2.24, 2.45) is 0 Å². The van der Waals surface area contributed by atoms with Crippen LogP contribution in [0.2, 0.25) is 0 Å². The molecule has 0 radical (unpaired) electrons. The molecule has 0 fully saturated rings. The number of rotatable bonds is 5. The van der Waals surface area contributed by atoms with E-state index in [-0.39, 0.29) is 18.6 Å². The van der Waals surface area contributed by atoms with Gasteiger partial charge in [-0.15, -0.1) is 0 Å². The van der Waals surface area contributed by atoms with Crippen LogP contribution >= 0.6 is 61.1 Å². The molecule has 0 aromatic heterocycles. The third-order valence-electron chi connectivity index (χ3n) is 2.29. The molecular formula is C11H7BrF2I2O7S. The average molecular weight is 655 g/mol. The number of ether oxygens (including phenoxy) is 2. The van der Waals surface area contributed by atoms with Gasteiger partial charge in [-0.25, -0.2) is 4.79 Å². The van der Waals surface area contributed by atoms with Gasteiger partial charge in [-0.05, 0) is 64.2 Å². The lowest BCUT2D eigenvalue weighted by atomic mass is 10.3. The Bertz CT molecular complexity index is 783. The minimum absolute atomic E-state index is 0.0949. The van der Waals surface area contributed by atoms with Crippen LogP contribution in [0, 0.1) is 7.14 Å². The maximum absolute atomic E-state index is 13.2. The maximum atomic E-state index is 13.2. The zero-order valence-electron chi connectivity index (χ0n) is 11.4. The molecule has 13 heteroatoms. The molecule has 7 nitrogen and oxygen atoms in total. The van der Waals surface area contributed by atoms with Crippen LogP contribution < -0.4 is 9.47 Å². The third-order valence-corrected chi connectivity index (χ3v) is 5.16. The Morgan fingerprint density at radius 3 is 2.00 bits per heavy atom. The molecule has 0 aliphatic carbocycles. The maximum Gasteiger partial charge on any atom is 0.466 e. The van der Waals surface area contributed by atoms with Crippen LogP contribution in [0.25, 0.3) is 0 Å². The summed E-state index contributed by atoms with van der Waals surface area (Å²) in [6, 6.07) is 2.34. The topological polar surface area (TPSA) is 107 Å². The highest BCUT2D eigenvalue weighted by Crippen LogP contribution is 2.33. The van der Waals surface area contributed by atoms with Gasteiger partial charge in [0.2, 0.25) is 0 Å². The number of alkyl halides is 3. The molecule has 0 heterocycles. The van der Waals surface area contributed by atoms with Crippen molar-refractivity contribution in [3.8, 4) is 11.5 Å².